The Morgan fingerprint density at radius 1 is 1.05 bits per heavy atom. The standard InChI is InChI=1S/C17H17NO/c1-13-7-9-15(10-8-13)17-12-16(19-18-17)11-14-5-3-2-4-6-14/h2-10,16H,11-12H2,1H3. The zero-order valence-corrected chi connectivity index (χ0v) is 11.0. The third kappa shape index (κ3) is 2.84. The molecule has 2 aromatic rings. The molecular weight excluding hydrogens is 234 g/mol. The van der Waals surface area contributed by atoms with Crippen LogP contribution >= 0.6 is 0 Å². The predicted octanol–water partition coefficient (Wildman–Crippen LogP) is 3.73. The van der Waals surface area contributed by atoms with Gasteiger partial charge in [0, 0.05) is 12.8 Å². The molecule has 0 N–H and O–H groups in total. The number of rotatable bonds is 3. The Hall–Kier alpha value is -2.09. The molecule has 0 radical (unpaired) electrons. The highest BCUT2D eigenvalue weighted by atomic mass is 16.6. The summed E-state index contributed by atoms with van der Waals surface area (Å²) in [5.74, 6) is 0. The number of benzene rings is 2. The fraction of sp³-hybridized carbons (Fsp3) is 0.235. The van der Waals surface area contributed by atoms with Crippen molar-refractivity contribution in [2.45, 2.75) is 25.9 Å². The highest BCUT2D eigenvalue weighted by Crippen LogP contribution is 2.20. The maximum Gasteiger partial charge on any atom is 0.137 e. The molecule has 1 heterocycles. The van der Waals surface area contributed by atoms with Crippen molar-refractivity contribution < 1.29 is 4.84 Å². The van der Waals surface area contributed by atoms with E-state index in [1.807, 2.05) is 6.07 Å². The fourth-order valence-electron chi connectivity index (χ4n) is 2.33. The van der Waals surface area contributed by atoms with Crippen molar-refractivity contribution in [3.8, 4) is 0 Å². The van der Waals surface area contributed by atoms with Gasteiger partial charge in [0.25, 0.3) is 0 Å². The minimum Gasteiger partial charge on any atom is -0.391 e. The van der Waals surface area contributed by atoms with Crippen LogP contribution in [0.25, 0.3) is 0 Å². The molecule has 0 aromatic heterocycles. The van der Waals surface area contributed by atoms with E-state index in [-0.39, 0.29) is 6.10 Å². The molecule has 2 aromatic carbocycles. The van der Waals surface area contributed by atoms with Gasteiger partial charge in [0.15, 0.2) is 0 Å². The second-order valence-electron chi connectivity index (χ2n) is 5.03. The number of oxime groups is 1. The van der Waals surface area contributed by atoms with E-state index in [2.05, 4.69) is 60.6 Å². The monoisotopic (exact) mass is 251 g/mol. The first-order valence-corrected chi connectivity index (χ1v) is 6.65. The van der Waals surface area contributed by atoms with E-state index >= 15 is 0 Å². The molecule has 1 aliphatic heterocycles. The summed E-state index contributed by atoms with van der Waals surface area (Å²) in [7, 11) is 0. The van der Waals surface area contributed by atoms with Gasteiger partial charge in [-0.2, -0.15) is 0 Å². The molecular formula is C17H17NO. The average molecular weight is 251 g/mol. The summed E-state index contributed by atoms with van der Waals surface area (Å²) in [5.41, 5.74) is 4.79. The van der Waals surface area contributed by atoms with Crippen molar-refractivity contribution in [1.82, 2.24) is 0 Å². The smallest absolute Gasteiger partial charge is 0.137 e. The van der Waals surface area contributed by atoms with Crippen molar-refractivity contribution in [2.24, 2.45) is 5.16 Å². The summed E-state index contributed by atoms with van der Waals surface area (Å²) in [6.45, 7) is 2.09. The van der Waals surface area contributed by atoms with Crippen LogP contribution in [-0.4, -0.2) is 11.8 Å². The maximum absolute atomic E-state index is 5.54. The third-order valence-electron chi connectivity index (χ3n) is 3.42. The predicted molar refractivity (Wildman–Crippen MR) is 77.4 cm³/mol. The lowest BCUT2D eigenvalue weighted by Gasteiger charge is -2.07. The lowest BCUT2D eigenvalue weighted by atomic mass is 10.00. The third-order valence-corrected chi connectivity index (χ3v) is 3.42. The van der Waals surface area contributed by atoms with Crippen molar-refractivity contribution in [3.63, 3.8) is 0 Å². The molecule has 1 atom stereocenters. The summed E-state index contributed by atoms with van der Waals surface area (Å²) in [5, 5.41) is 4.23. The van der Waals surface area contributed by atoms with E-state index in [0.29, 0.717) is 0 Å². The molecule has 0 spiro atoms. The zero-order valence-electron chi connectivity index (χ0n) is 11.0. The van der Waals surface area contributed by atoms with Gasteiger partial charge in [0.2, 0.25) is 0 Å². The normalized spacial score (nSPS) is 17.9. The van der Waals surface area contributed by atoms with Crippen LogP contribution in [0.15, 0.2) is 59.8 Å². The van der Waals surface area contributed by atoms with E-state index < -0.39 is 0 Å². The van der Waals surface area contributed by atoms with Gasteiger partial charge in [-0.1, -0.05) is 65.3 Å². The molecule has 2 nitrogen and oxygen atoms in total. The van der Waals surface area contributed by atoms with Gasteiger partial charge in [-0.3, -0.25) is 0 Å². The van der Waals surface area contributed by atoms with E-state index in [9.17, 15) is 0 Å². The van der Waals surface area contributed by atoms with Crippen LogP contribution in [0.4, 0.5) is 0 Å². The first-order chi connectivity index (χ1) is 9.31. The Morgan fingerprint density at radius 3 is 2.53 bits per heavy atom. The van der Waals surface area contributed by atoms with E-state index in [1.165, 1.54) is 16.7 Å². The van der Waals surface area contributed by atoms with Crippen LogP contribution in [0.5, 0.6) is 0 Å². The maximum atomic E-state index is 5.54. The SMILES string of the molecule is Cc1ccc(C2=NOC(Cc3ccccc3)C2)cc1. The van der Waals surface area contributed by atoms with E-state index in [4.69, 9.17) is 4.84 Å². The molecule has 96 valence electrons. The Bertz CT molecular complexity index is 572. The number of hydrogen-bond acceptors (Lipinski definition) is 2. The van der Waals surface area contributed by atoms with Crippen molar-refractivity contribution in [3.05, 3.63) is 71.3 Å². The summed E-state index contributed by atoms with van der Waals surface area (Å²) >= 11 is 0. The van der Waals surface area contributed by atoms with Crippen LogP contribution in [-0.2, 0) is 11.3 Å². The van der Waals surface area contributed by atoms with Crippen molar-refractivity contribution in [1.29, 1.82) is 0 Å². The lowest BCUT2D eigenvalue weighted by Crippen LogP contribution is -2.11. The number of aryl methyl sites for hydroxylation is 1. The van der Waals surface area contributed by atoms with Crippen molar-refractivity contribution >= 4 is 5.71 Å². The van der Waals surface area contributed by atoms with E-state index in [0.717, 1.165) is 18.6 Å². The minimum absolute atomic E-state index is 0.165. The average Bonchev–Trinajstić information content (AvgIpc) is 2.89. The Kier molecular flexibility index (Phi) is 3.32. The van der Waals surface area contributed by atoms with Gasteiger partial charge >= 0.3 is 0 Å². The van der Waals surface area contributed by atoms with Crippen LogP contribution in [0.1, 0.15) is 23.1 Å². The first-order valence-electron chi connectivity index (χ1n) is 6.65. The summed E-state index contributed by atoms with van der Waals surface area (Å²) in [6, 6.07) is 18.9. The quantitative estimate of drug-likeness (QED) is 0.814. The summed E-state index contributed by atoms with van der Waals surface area (Å²) in [4.78, 5) is 5.54. The molecule has 0 saturated heterocycles. The molecule has 2 heteroatoms. The summed E-state index contributed by atoms with van der Waals surface area (Å²) < 4.78 is 0. The highest BCUT2D eigenvalue weighted by molar-refractivity contribution is 6.01. The molecule has 0 aliphatic carbocycles. The molecule has 0 saturated carbocycles. The van der Waals surface area contributed by atoms with Crippen LogP contribution in [0, 0.1) is 6.92 Å². The molecule has 0 bridgehead atoms. The number of hydrogen-bond donors (Lipinski definition) is 0. The highest BCUT2D eigenvalue weighted by Gasteiger charge is 2.22. The van der Waals surface area contributed by atoms with Gasteiger partial charge < -0.3 is 4.84 Å². The van der Waals surface area contributed by atoms with Crippen LogP contribution in [0.2, 0.25) is 0 Å². The van der Waals surface area contributed by atoms with E-state index in [1.54, 1.807) is 0 Å². The Morgan fingerprint density at radius 2 is 1.79 bits per heavy atom. The molecule has 19 heavy (non-hydrogen) atoms. The summed E-state index contributed by atoms with van der Waals surface area (Å²) in [6.07, 6.45) is 1.97. The lowest BCUT2D eigenvalue weighted by molar-refractivity contribution is 0.0859. The molecule has 0 fully saturated rings. The van der Waals surface area contributed by atoms with Gasteiger partial charge in [-0.05, 0) is 18.1 Å². The minimum atomic E-state index is 0.165. The van der Waals surface area contributed by atoms with Gasteiger partial charge in [0.05, 0.1) is 5.71 Å². The number of nitrogens with zero attached hydrogens (tertiary/aromatic N) is 1. The fourth-order valence-corrected chi connectivity index (χ4v) is 2.33. The second kappa shape index (κ2) is 5.27. The Balaban J connectivity index is 1.65. The Labute approximate surface area is 113 Å². The van der Waals surface area contributed by atoms with Gasteiger partial charge in [0.1, 0.15) is 6.10 Å². The van der Waals surface area contributed by atoms with Crippen LogP contribution in [0.3, 0.4) is 0 Å². The van der Waals surface area contributed by atoms with Crippen molar-refractivity contribution in [2.75, 3.05) is 0 Å². The van der Waals surface area contributed by atoms with Gasteiger partial charge in [-0.15, -0.1) is 0 Å². The van der Waals surface area contributed by atoms with Crippen LogP contribution < -0.4 is 0 Å². The first kappa shape index (κ1) is 12.0. The van der Waals surface area contributed by atoms with Gasteiger partial charge in [-0.25, -0.2) is 0 Å². The second-order valence-corrected chi connectivity index (χ2v) is 5.03. The molecule has 1 unspecified atom stereocenters. The molecule has 1 aliphatic rings. The largest absolute Gasteiger partial charge is 0.391 e. The topological polar surface area (TPSA) is 21.6 Å². The molecule has 0 amide bonds. The zero-order chi connectivity index (χ0) is 13.1. The molecule has 3 rings (SSSR count).